The van der Waals surface area contributed by atoms with Gasteiger partial charge in [0.2, 0.25) is 0 Å². The number of nitrogens with zero attached hydrogens (tertiary/aromatic N) is 1. The lowest BCUT2D eigenvalue weighted by Crippen LogP contribution is -2.23. The minimum Gasteiger partial charge on any atom is -0.388 e. The Morgan fingerprint density at radius 2 is 2.05 bits per heavy atom. The molecule has 0 saturated carbocycles. The molecule has 2 aromatic rings. The maximum Gasteiger partial charge on any atom is 0.124 e. The second-order valence-electron chi connectivity index (χ2n) is 5.42. The molecular weight excluding hydrogens is 333 g/mol. The molecule has 2 nitrogen and oxygen atoms in total. The second-order valence-corrected chi connectivity index (χ2v) is 6.33. The smallest absolute Gasteiger partial charge is 0.124 e. The van der Waals surface area contributed by atoms with Crippen LogP contribution >= 0.6 is 15.9 Å². The highest BCUT2D eigenvalue weighted by molar-refractivity contribution is 9.10. The lowest BCUT2D eigenvalue weighted by molar-refractivity contribution is 0.168. The van der Waals surface area contributed by atoms with E-state index in [0.29, 0.717) is 6.54 Å². The topological polar surface area (TPSA) is 23.5 Å². The van der Waals surface area contributed by atoms with E-state index < -0.39 is 6.10 Å². The van der Waals surface area contributed by atoms with Gasteiger partial charge in [-0.2, -0.15) is 0 Å². The Hall–Kier alpha value is -1.39. The molecule has 1 aliphatic rings. The van der Waals surface area contributed by atoms with Gasteiger partial charge in [-0.3, -0.25) is 0 Å². The van der Waals surface area contributed by atoms with E-state index in [1.807, 2.05) is 30.3 Å². The first-order chi connectivity index (χ1) is 10.1. The van der Waals surface area contributed by atoms with Crippen LogP contribution in [0.1, 0.15) is 30.1 Å². The van der Waals surface area contributed by atoms with Gasteiger partial charge in [0, 0.05) is 28.8 Å². The molecule has 1 unspecified atom stereocenters. The van der Waals surface area contributed by atoms with Crippen molar-refractivity contribution in [3.63, 3.8) is 0 Å². The summed E-state index contributed by atoms with van der Waals surface area (Å²) < 4.78 is 14.3. The molecule has 1 N–H and O–H groups in total. The molecule has 21 heavy (non-hydrogen) atoms. The molecule has 0 saturated heterocycles. The van der Waals surface area contributed by atoms with E-state index >= 15 is 0 Å². The number of benzene rings is 2. The van der Waals surface area contributed by atoms with Gasteiger partial charge in [0.05, 0.1) is 6.10 Å². The van der Waals surface area contributed by atoms with Gasteiger partial charge < -0.3 is 10.0 Å². The molecule has 1 atom stereocenters. The lowest BCUT2D eigenvalue weighted by Gasteiger charge is -2.25. The molecule has 0 spiro atoms. The number of fused-ring (bicyclic) bond motifs is 1. The fraction of sp³-hybridized carbons (Fsp3) is 0.294. The van der Waals surface area contributed by atoms with Gasteiger partial charge in [-0.1, -0.05) is 34.1 Å². The van der Waals surface area contributed by atoms with Crippen LogP contribution in [0, 0.1) is 5.82 Å². The SMILES string of the molecule is OC1CCCN(Cc2cc(F)cc(Br)c2)c2ccccc21. The van der Waals surface area contributed by atoms with E-state index in [0.717, 1.165) is 40.7 Å². The maximum absolute atomic E-state index is 13.5. The van der Waals surface area contributed by atoms with Crippen LogP contribution < -0.4 is 4.90 Å². The Bertz CT molecular complexity index is 626. The molecule has 3 rings (SSSR count). The van der Waals surface area contributed by atoms with Crippen molar-refractivity contribution in [3.05, 3.63) is 63.9 Å². The first kappa shape index (κ1) is 14.5. The third-order valence-electron chi connectivity index (χ3n) is 3.84. The van der Waals surface area contributed by atoms with Gasteiger partial charge in [0.15, 0.2) is 0 Å². The molecule has 0 radical (unpaired) electrons. The monoisotopic (exact) mass is 349 g/mol. The van der Waals surface area contributed by atoms with Crippen molar-refractivity contribution in [2.24, 2.45) is 0 Å². The molecule has 0 fully saturated rings. The summed E-state index contributed by atoms with van der Waals surface area (Å²) in [5, 5.41) is 10.2. The molecule has 4 heteroatoms. The number of rotatable bonds is 2. The van der Waals surface area contributed by atoms with Crippen LogP contribution in [0.25, 0.3) is 0 Å². The van der Waals surface area contributed by atoms with Gasteiger partial charge >= 0.3 is 0 Å². The summed E-state index contributed by atoms with van der Waals surface area (Å²) in [4.78, 5) is 2.22. The zero-order chi connectivity index (χ0) is 14.8. The van der Waals surface area contributed by atoms with Crippen LogP contribution in [0.3, 0.4) is 0 Å². The predicted molar refractivity (Wildman–Crippen MR) is 85.8 cm³/mol. The van der Waals surface area contributed by atoms with Gasteiger partial charge in [-0.05, 0) is 42.7 Å². The standard InChI is InChI=1S/C17H17BrFNO/c18-13-8-12(9-14(19)10-13)11-20-7-3-6-17(21)15-4-1-2-5-16(15)20/h1-2,4-5,8-10,17,21H,3,6-7,11H2. The van der Waals surface area contributed by atoms with E-state index in [9.17, 15) is 9.50 Å². The van der Waals surface area contributed by atoms with E-state index in [1.54, 1.807) is 6.07 Å². The number of para-hydroxylation sites is 1. The predicted octanol–water partition coefficient (Wildman–Crippen LogP) is 4.42. The third kappa shape index (κ3) is 3.27. The van der Waals surface area contributed by atoms with Crippen molar-refractivity contribution >= 4 is 21.6 Å². The van der Waals surface area contributed by atoms with Crippen LogP contribution in [-0.4, -0.2) is 11.7 Å². The quantitative estimate of drug-likeness (QED) is 0.867. The van der Waals surface area contributed by atoms with Gasteiger partial charge in [0.1, 0.15) is 5.82 Å². The van der Waals surface area contributed by atoms with Crippen LogP contribution in [0.5, 0.6) is 0 Å². The summed E-state index contributed by atoms with van der Waals surface area (Å²) in [6.07, 6.45) is 1.28. The van der Waals surface area contributed by atoms with E-state index in [-0.39, 0.29) is 5.82 Å². The molecule has 1 heterocycles. The normalized spacial score (nSPS) is 18.2. The Labute approximate surface area is 132 Å². The Morgan fingerprint density at radius 3 is 2.86 bits per heavy atom. The Morgan fingerprint density at radius 1 is 1.24 bits per heavy atom. The van der Waals surface area contributed by atoms with E-state index in [1.165, 1.54) is 6.07 Å². The number of anilines is 1. The highest BCUT2D eigenvalue weighted by atomic mass is 79.9. The first-order valence-corrected chi connectivity index (χ1v) is 7.90. The molecule has 2 aromatic carbocycles. The molecule has 0 bridgehead atoms. The van der Waals surface area contributed by atoms with Crippen molar-refractivity contribution in [1.82, 2.24) is 0 Å². The zero-order valence-electron chi connectivity index (χ0n) is 11.6. The number of aliphatic hydroxyl groups excluding tert-OH is 1. The van der Waals surface area contributed by atoms with E-state index in [4.69, 9.17) is 0 Å². The summed E-state index contributed by atoms with van der Waals surface area (Å²) in [7, 11) is 0. The van der Waals surface area contributed by atoms with Crippen molar-refractivity contribution in [2.45, 2.75) is 25.5 Å². The van der Waals surface area contributed by atoms with E-state index in [2.05, 4.69) is 20.8 Å². The second kappa shape index (κ2) is 6.16. The fourth-order valence-electron chi connectivity index (χ4n) is 2.90. The van der Waals surface area contributed by atoms with Gasteiger partial charge in [0.25, 0.3) is 0 Å². The van der Waals surface area contributed by atoms with Crippen LogP contribution in [0.2, 0.25) is 0 Å². The number of hydrogen-bond acceptors (Lipinski definition) is 2. The number of hydrogen-bond donors (Lipinski definition) is 1. The summed E-state index contributed by atoms with van der Waals surface area (Å²) in [5.41, 5.74) is 2.93. The van der Waals surface area contributed by atoms with Crippen molar-refractivity contribution in [2.75, 3.05) is 11.4 Å². The highest BCUT2D eigenvalue weighted by Gasteiger charge is 2.21. The minimum atomic E-state index is -0.412. The average Bonchev–Trinajstić information content (AvgIpc) is 2.59. The molecule has 0 aliphatic carbocycles. The molecular formula is C17H17BrFNO. The molecule has 0 aromatic heterocycles. The third-order valence-corrected chi connectivity index (χ3v) is 4.30. The van der Waals surface area contributed by atoms with Crippen LogP contribution in [-0.2, 0) is 6.54 Å². The van der Waals surface area contributed by atoms with Crippen LogP contribution in [0.15, 0.2) is 46.9 Å². The fourth-order valence-corrected chi connectivity index (χ4v) is 3.41. The van der Waals surface area contributed by atoms with Gasteiger partial charge in [-0.25, -0.2) is 4.39 Å². The van der Waals surface area contributed by atoms with Crippen molar-refractivity contribution < 1.29 is 9.50 Å². The Kier molecular flexibility index (Phi) is 4.27. The molecule has 0 amide bonds. The zero-order valence-corrected chi connectivity index (χ0v) is 13.2. The highest BCUT2D eigenvalue weighted by Crippen LogP contribution is 2.33. The van der Waals surface area contributed by atoms with Crippen molar-refractivity contribution in [3.8, 4) is 0 Å². The average molecular weight is 350 g/mol. The number of halogens is 2. The summed E-state index contributed by atoms with van der Waals surface area (Å²) in [6.45, 7) is 1.50. The molecule has 1 aliphatic heterocycles. The minimum absolute atomic E-state index is 0.234. The molecule has 110 valence electrons. The van der Waals surface area contributed by atoms with Crippen molar-refractivity contribution in [1.29, 1.82) is 0 Å². The largest absolute Gasteiger partial charge is 0.388 e. The summed E-state index contributed by atoms with van der Waals surface area (Å²) in [6, 6.07) is 12.9. The van der Waals surface area contributed by atoms with Gasteiger partial charge in [-0.15, -0.1) is 0 Å². The first-order valence-electron chi connectivity index (χ1n) is 7.10. The Balaban J connectivity index is 1.93. The summed E-state index contributed by atoms with van der Waals surface area (Å²) in [5.74, 6) is -0.234. The maximum atomic E-state index is 13.5. The van der Waals surface area contributed by atoms with Crippen LogP contribution in [0.4, 0.5) is 10.1 Å². The lowest BCUT2D eigenvalue weighted by atomic mass is 10.0. The summed E-state index contributed by atoms with van der Waals surface area (Å²) >= 11 is 3.34. The number of aliphatic hydroxyl groups is 1.